The summed E-state index contributed by atoms with van der Waals surface area (Å²) in [5.41, 5.74) is -0.0441. The standard InChI is InChI=1S/C11H14N2O2S2/c1-7(2)15-5-4-13-10(14)8-3-6-17-9(8)12-11(13)16/h3,6-7H,4-5H2,1-2H3,(H,12,16). The molecular weight excluding hydrogens is 256 g/mol. The van der Waals surface area contributed by atoms with Gasteiger partial charge in [-0.15, -0.1) is 11.3 Å². The second kappa shape index (κ2) is 5.12. The van der Waals surface area contributed by atoms with E-state index >= 15 is 0 Å². The van der Waals surface area contributed by atoms with Gasteiger partial charge >= 0.3 is 0 Å². The molecule has 92 valence electrons. The Labute approximate surface area is 108 Å². The van der Waals surface area contributed by atoms with E-state index in [9.17, 15) is 4.79 Å². The number of fused-ring (bicyclic) bond motifs is 1. The van der Waals surface area contributed by atoms with Gasteiger partial charge in [0.2, 0.25) is 0 Å². The molecular formula is C11H14N2O2S2. The summed E-state index contributed by atoms with van der Waals surface area (Å²) in [6.07, 6.45) is 0.160. The molecule has 0 atom stereocenters. The van der Waals surface area contributed by atoms with Gasteiger partial charge in [0.15, 0.2) is 4.77 Å². The van der Waals surface area contributed by atoms with Crippen LogP contribution in [0.5, 0.6) is 0 Å². The maximum Gasteiger partial charge on any atom is 0.263 e. The molecule has 0 aliphatic heterocycles. The van der Waals surface area contributed by atoms with Crippen molar-refractivity contribution in [2.75, 3.05) is 6.61 Å². The van der Waals surface area contributed by atoms with E-state index in [1.54, 1.807) is 4.57 Å². The lowest BCUT2D eigenvalue weighted by molar-refractivity contribution is 0.0720. The van der Waals surface area contributed by atoms with Gasteiger partial charge in [0, 0.05) is 0 Å². The minimum absolute atomic E-state index is 0.0441. The molecule has 2 aromatic rings. The van der Waals surface area contributed by atoms with Crippen LogP contribution in [0, 0.1) is 4.77 Å². The Morgan fingerprint density at radius 1 is 1.59 bits per heavy atom. The number of hydrogen-bond acceptors (Lipinski definition) is 4. The quantitative estimate of drug-likeness (QED) is 0.869. The number of aromatic nitrogens is 2. The molecule has 4 nitrogen and oxygen atoms in total. The van der Waals surface area contributed by atoms with Crippen molar-refractivity contribution in [1.82, 2.24) is 9.55 Å². The third-order valence-electron chi connectivity index (χ3n) is 2.37. The van der Waals surface area contributed by atoms with E-state index in [4.69, 9.17) is 17.0 Å². The van der Waals surface area contributed by atoms with E-state index in [1.807, 2.05) is 25.3 Å². The molecule has 0 fully saturated rings. The predicted octanol–water partition coefficient (Wildman–Crippen LogP) is 2.55. The van der Waals surface area contributed by atoms with Gasteiger partial charge in [-0.05, 0) is 37.5 Å². The molecule has 2 aromatic heterocycles. The van der Waals surface area contributed by atoms with Crippen LogP contribution in [0.25, 0.3) is 10.2 Å². The van der Waals surface area contributed by atoms with Gasteiger partial charge in [-0.25, -0.2) is 0 Å². The van der Waals surface area contributed by atoms with Crippen LogP contribution < -0.4 is 5.56 Å². The zero-order chi connectivity index (χ0) is 12.4. The predicted molar refractivity (Wildman–Crippen MR) is 72.4 cm³/mol. The average molecular weight is 270 g/mol. The summed E-state index contributed by atoms with van der Waals surface area (Å²) in [4.78, 5) is 16.0. The highest BCUT2D eigenvalue weighted by atomic mass is 32.1. The first-order valence-electron chi connectivity index (χ1n) is 5.41. The van der Waals surface area contributed by atoms with Crippen LogP contribution in [-0.4, -0.2) is 22.3 Å². The highest BCUT2D eigenvalue weighted by Gasteiger charge is 2.06. The minimum atomic E-state index is -0.0441. The Hall–Kier alpha value is -0.980. The van der Waals surface area contributed by atoms with Gasteiger partial charge in [0.1, 0.15) is 4.83 Å². The fraction of sp³-hybridized carbons (Fsp3) is 0.455. The topological polar surface area (TPSA) is 47.0 Å². The van der Waals surface area contributed by atoms with E-state index in [0.717, 1.165) is 4.83 Å². The van der Waals surface area contributed by atoms with Crippen molar-refractivity contribution in [1.29, 1.82) is 0 Å². The SMILES string of the molecule is CC(C)OCCn1c(=S)[nH]c2sccc2c1=O. The summed E-state index contributed by atoms with van der Waals surface area (Å²) in [5.74, 6) is 0. The van der Waals surface area contributed by atoms with E-state index in [0.29, 0.717) is 23.3 Å². The minimum Gasteiger partial charge on any atom is -0.377 e. The van der Waals surface area contributed by atoms with Crippen LogP contribution in [0.15, 0.2) is 16.2 Å². The fourth-order valence-corrected chi connectivity index (χ4v) is 2.68. The molecule has 0 unspecified atom stereocenters. The highest BCUT2D eigenvalue weighted by Crippen LogP contribution is 2.13. The number of hydrogen-bond donors (Lipinski definition) is 1. The smallest absolute Gasteiger partial charge is 0.263 e. The van der Waals surface area contributed by atoms with Crippen molar-refractivity contribution in [3.8, 4) is 0 Å². The van der Waals surface area contributed by atoms with Crippen molar-refractivity contribution in [3.63, 3.8) is 0 Å². The van der Waals surface area contributed by atoms with Crippen LogP contribution >= 0.6 is 23.6 Å². The third-order valence-corrected chi connectivity index (χ3v) is 3.52. The fourth-order valence-electron chi connectivity index (χ4n) is 1.56. The number of rotatable bonds is 4. The van der Waals surface area contributed by atoms with E-state index in [-0.39, 0.29) is 11.7 Å². The lowest BCUT2D eigenvalue weighted by Crippen LogP contribution is -2.24. The Morgan fingerprint density at radius 2 is 2.35 bits per heavy atom. The lowest BCUT2D eigenvalue weighted by atomic mass is 10.4. The number of ether oxygens (including phenoxy) is 1. The second-order valence-corrected chi connectivity index (χ2v) is 5.27. The summed E-state index contributed by atoms with van der Waals surface area (Å²) in [6, 6.07) is 1.81. The number of thiophene rings is 1. The number of nitrogens with one attached hydrogen (secondary N) is 1. The molecule has 6 heteroatoms. The Bertz CT molecular complexity index is 624. The monoisotopic (exact) mass is 270 g/mol. The summed E-state index contributed by atoms with van der Waals surface area (Å²) in [7, 11) is 0. The molecule has 17 heavy (non-hydrogen) atoms. The molecule has 0 saturated heterocycles. The molecule has 0 aromatic carbocycles. The summed E-state index contributed by atoms with van der Waals surface area (Å²) in [6.45, 7) is 4.90. The maximum absolute atomic E-state index is 12.1. The van der Waals surface area contributed by atoms with E-state index < -0.39 is 0 Å². The molecule has 0 bridgehead atoms. The van der Waals surface area contributed by atoms with Gasteiger partial charge in [-0.1, -0.05) is 0 Å². The second-order valence-electron chi connectivity index (χ2n) is 3.97. The zero-order valence-corrected chi connectivity index (χ0v) is 11.4. The molecule has 0 spiro atoms. The third kappa shape index (κ3) is 2.65. The molecule has 1 N–H and O–H groups in total. The first kappa shape index (κ1) is 12.5. The van der Waals surface area contributed by atoms with Gasteiger partial charge in [-0.2, -0.15) is 0 Å². The van der Waals surface area contributed by atoms with Gasteiger partial charge in [-0.3, -0.25) is 9.36 Å². The first-order chi connectivity index (χ1) is 8.09. The van der Waals surface area contributed by atoms with Gasteiger partial charge in [0.25, 0.3) is 5.56 Å². The Kier molecular flexibility index (Phi) is 3.76. The maximum atomic E-state index is 12.1. The molecule has 0 saturated carbocycles. The molecule has 2 heterocycles. The van der Waals surface area contributed by atoms with Crippen LogP contribution in [0.2, 0.25) is 0 Å². The number of nitrogens with zero attached hydrogens (tertiary/aromatic N) is 1. The van der Waals surface area contributed by atoms with Crippen molar-refractivity contribution in [2.45, 2.75) is 26.5 Å². The highest BCUT2D eigenvalue weighted by molar-refractivity contribution is 7.71. The molecule has 0 radical (unpaired) electrons. The molecule has 0 aliphatic rings. The largest absolute Gasteiger partial charge is 0.377 e. The molecule has 0 aliphatic carbocycles. The van der Waals surface area contributed by atoms with Crippen molar-refractivity contribution < 1.29 is 4.74 Å². The summed E-state index contributed by atoms with van der Waals surface area (Å²) >= 11 is 6.66. The van der Waals surface area contributed by atoms with Crippen molar-refractivity contribution >= 4 is 33.8 Å². The van der Waals surface area contributed by atoms with Crippen molar-refractivity contribution in [3.05, 3.63) is 26.6 Å². The number of H-pyrrole nitrogens is 1. The first-order valence-corrected chi connectivity index (χ1v) is 6.70. The van der Waals surface area contributed by atoms with Crippen LogP contribution in [0.1, 0.15) is 13.8 Å². The number of aromatic amines is 1. The van der Waals surface area contributed by atoms with Gasteiger partial charge < -0.3 is 9.72 Å². The van der Waals surface area contributed by atoms with E-state index in [2.05, 4.69) is 4.98 Å². The van der Waals surface area contributed by atoms with Crippen LogP contribution in [0.4, 0.5) is 0 Å². The zero-order valence-electron chi connectivity index (χ0n) is 9.73. The summed E-state index contributed by atoms with van der Waals surface area (Å²) < 4.78 is 7.44. The summed E-state index contributed by atoms with van der Waals surface area (Å²) in [5, 5.41) is 2.57. The van der Waals surface area contributed by atoms with Crippen molar-refractivity contribution in [2.24, 2.45) is 0 Å². The average Bonchev–Trinajstić information content (AvgIpc) is 2.70. The van der Waals surface area contributed by atoms with E-state index in [1.165, 1.54) is 11.3 Å². The van der Waals surface area contributed by atoms with Crippen LogP contribution in [-0.2, 0) is 11.3 Å². The van der Waals surface area contributed by atoms with Crippen LogP contribution in [0.3, 0.4) is 0 Å². The Morgan fingerprint density at radius 3 is 3.06 bits per heavy atom. The molecule has 0 amide bonds. The Balaban J connectivity index is 2.33. The molecule has 2 rings (SSSR count). The lowest BCUT2D eigenvalue weighted by Gasteiger charge is -2.09. The van der Waals surface area contributed by atoms with Gasteiger partial charge in [0.05, 0.1) is 24.6 Å². The normalized spacial score (nSPS) is 11.5.